The topological polar surface area (TPSA) is 26.5 Å². The maximum Gasteiger partial charge on any atom is 0.140 e. The Morgan fingerprint density at radius 2 is 2.15 bits per heavy atom. The lowest BCUT2D eigenvalue weighted by Crippen LogP contribution is -1.94. The van der Waals surface area contributed by atoms with Gasteiger partial charge in [-0.2, -0.15) is 0 Å². The number of halogens is 1. The smallest absolute Gasteiger partial charge is 0.140 e. The second-order valence-corrected chi connectivity index (χ2v) is 6.06. The quantitative estimate of drug-likeness (QED) is 0.528. The van der Waals surface area contributed by atoms with Crippen molar-refractivity contribution in [1.82, 2.24) is 9.38 Å². The second-order valence-electron chi connectivity index (χ2n) is 5.14. The molecule has 1 aliphatic rings. The number of ether oxygens (including phenoxy) is 1. The molecular formula is C16H13BrN2O. The number of methoxy groups -OCH3 is 1. The molecule has 0 spiro atoms. The first-order chi connectivity index (χ1) is 9.67. The average Bonchev–Trinajstić information content (AvgIpc) is 2.95. The van der Waals surface area contributed by atoms with Crippen LogP contribution in [0, 0.1) is 6.92 Å². The highest BCUT2D eigenvalue weighted by atomic mass is 79.9. The zero-order valence-electron chi connectivity index (χ0n) is 11.3. The minimum Gasteiger partial charge on any atom is -0.497 e. The molecule has 4 heteroatoms. The highest BCUT2D eigenvalue weighted by Crippen LogP contribution is 2.39. The van der Waals surface area contributed by atoms with Gasteiger partial charge in [-0.25, -0.2) is 4.98 Å². The van der Waals surface area contributed by atoms with Crippen LogP contribution >= 0.6 is 15.9 Å². The van der Waals surface area contributed by atoms with Gasteiger partial charge in [0.05, 0.1) is 18.5 Å². The summed E-state index contributed by atoms with van der Waals surface area (Å²) in [6.07, 6.45) is 3.02. The van der Waals surface area contributed by atoms with Gasteiger partial charge in [0.2, 0.25) is 0 Å². The lowest BCUT2D eigenvalue weighted by Gasteiger charge is -2.04. The van der Waals surface area contributed by atoms with Crippen LogP contribution in [0.2, 0.25) is 0 Å². The summed E-state index contributed by atoms with van der Waals surface area (Å²) in [6.45, 7) is 2.09. The van der Waals surface area contributed by atoms with Crippen LogP contribution in [0.3, 0.4) is 0 Å². The Kier molecular flexibility index (Phi) is 2.45. The molecule has 0 atom stereocenters. The maximum absolute atomic E-state index is 5.33. The minimum absolute atomic E-state index is 0.881. The first kappa shape index (κ1) is 12.0. The van der Waals surface area contributed by atoms with Crippen LogP contribution in [-0.2, 0) is 6.42 Å². The van der Waals surface area contributed by atoms with Crippen molar-refractivity contribution in [1.29, 1.82) is 0 Å². The van der Waals surface area contributed by atoms with Crippen molar-refractivity contribution in [2.75, 3.05) is 7.11 Å². The predicted molar refractivity (Wildman–Crippen MR) is 82.4 cm³/mol. The number of rotatable bonds is 1. The normalized spacial score (nSPS) is 12.6. The third kappa shape index (κ3) is 1.54. The predicted octanol–water partition coefficient (Wildman–Crippen LogP) is 3.99. The van der Waals surface area contributed by atoms with Gasteiger partial charge in [-0.15, -0.1) is 0 Å². The van der Waals surface area contributed by atoms with E-state index in [4.69, 9.17) is 9.72 Å². The van der Waals surface area contributed by atoms with E-state index in [1.54, 1.807) is 7.11 Å². The number of aryl methyl sites for hydroxylation is 1. The number of nitrogens with zero attached hydrogens (tertiary/aromatic N) is 2. The van der Waals surface area contributed by atoms with E-state index < -0.39 is 0 Å². The Morgan fingerprint density at radius 1 is 1.30 bits per heavy atom. The molecule has 0 aliphatic heterocycles. The van der Waals surface area contributed by atoms with Gasteiger partial charge >= 0.3 is 0 Å². The van der Waals surface area contributed by atoms with Gasteiger partial charge in [0.15, 0.2) is 0 Å². The van der Waals surface area contributed by atoms with Crippen LogP contribution in [0.15, 0.2) is 34.9 Å². The molecule has 1 aliphatic carbocycles. The third-order valence-corrected chi connectivity index (χ3v) is 4.33. The van der Waals surface area contributed by atoms with Gasteiger partial charge in [-0.1, -0.05) is 6.07 Å². The molecule has 1 aromatic carbocycles. The van der Waals surface area contributed by atoms with Crippen LogP contribution in [-0.4, -0.2) is 16.5 Å². The molecule has 0 amide bonds. The molecule has 3 aromatic rings. The Morgan fingerprint density at radius 3 is 2.95 bits per heavy atom. The van der Waals surface area contributed by atoms with E-state index in [9.17, 15) is 0 Å². The fourth-order valence-corrected chi connectivity index (χ4v) is 3.49. The van der Waals surface area contributed by atoms with Crippen molar-refractivity contribution in [3.8, 4) is 17.0 Å². The molecular weight excluding hydrogens is 316 g/mol. The first-order valence-electron chi connectivity index (χ1n) is 6.52. The lowest BCUT2D eigenvalue weighted by molar-refractivity contribution is 0.415. The summed E-state index contributed by atoms with van der Waals surface area (Å²) < 4.78 is 8.60. The Balaban J connectivity index is 2.03. The third-order valence-electron chi connectivity index (χ3n) is 3.90. The van der Waals surface area contributed by atoms with Crippen LogP contribution in [0.25, 0.3) is 16.9 Å². The van der Waals surface area contributed by atoms with Gasteiger partial charge < -0.3 is 9.14 Å². The van der Waals surface area contributed by atoms with E-state index in [1.807, 2.05) is 6.07 Å². The maximum atomic E-state index is 5.33. The zero-order valence-corrected chi connectivity index (χ0v) is 12.9. The van der Waals surface area contributed by atoms with Crippen LogP contribution in [0.4, 0.5) is 0 Å². The molecule has 4 rings (SSSR count). The SMILES string of the molecule is COc1ccc2c(c1)-c1nc3c(C)cc(Br)cn3c1C2. The standard InChI is InChI=1S/C16H13BrN2O/c1-9-5-11(17)8-19-14-6-10-3-4-12(20-2)7-13(10)15(14)18-16(9)19/h3-5,7-8H,6H2,1-2H3. The fourth-order valence-electron chi connectivity index (χ4n) is 2.94. The van der Waals surface area contributed by atoms with E-state index in [-0.39, 0.29) is 0 Å². The second kappa shape index (κ2) is 4.09. The lowest BCUT2D eigenvalue weighted by atomic mass is 10.1. The molecule has 0 saturated carbocycles. The molecule has 0 N–H and O–H groups in total. The van der Waals surface area contributed by atoms with Gasteiger partial charge in [0.25, 0.3) is 0 Å². The molecule has 2 heterocycles. The molecule has 100 valence electrons. The summed E-state index contributed by atoms with van der Waals surface area (Å²) in [5.41, 5.74) is 7.06. The molecule has 3 nitrogen and oxygen atoms in total. The largest absolute Gasteiger partial charge is 0.497 e. The number of fused-ring (bicyclic) bond motifs is 5. The minimum atomic E-state index is 0.881. The first-order valence-corrected chi connectivity index (χ1v) is 7.31. The summed E-state index contributed by atoms with van der Waals surface area (Å²) >= 11 is 3.57. The van der Waals surface area contributed by atoms with Crippen LogP contribution in [0.1, 0.15) is 16.8 Å². The van der Waals surface area contributed by atoms with Crippen molar-refractivity contribution < 1.29 is 4.74 Å². The number of pyridine rings is 1. The molecule has 0 saturated heterocycles. The number of hydrogen-bond acceptors (Lipinski definition) is 2. The van der Waals surface area contributed by atoms with Crippen molar-refractivity contribution >= 4 is 21.6 Å². The molecule has 0 fully saturated rings. The number of hydrogen-bond donors (Lipinski definition) is 0. The molecule has 2 aromatic heterocycles. The van der Waals surface area contributed by atoms with Crippen molar-refractivity contribution in [3.63, 3.8) is 0 Å². The fraction of sp³-hybridized carbons (Fsp3) is 0.188. The summed E-state index contributed by atoms with van der Waals surface area (Å²) in [7, 11) is 1.70. The van der Waals surface area contributed by atoms with Crippen LogP contribution < -0.4 is 4.74 Å². The van der Waals surface area contributed by atoms with Crippen molar-refractivity contribution in [3.05, 3.63) is 51.8 Å². The van der Waals surface area contributed by atoms with Crippen molar-refractivity contribution in [2.45, 2.75) is 13.3 Å². The zero-order chi connectivity index (χ0) is 13.9. The Hall–Kier alpha value is -1.81. The van der Waals surface area contributed by atoms with E-state index in [1.165, 1.54) is 22.4 Å². The molecule has 0 unspecified atom stereocenters. The van der Waals surface area contributed by atoms with E-state index in [2.05, 4.69) is 51.7 Å². The highest BCUT2D eigenvalue weighted by Gasteiger charge is 2.25. The van der Waals surface area contributed by atoms with Gasteiger partial charge in [0.1, 0.15) is 11.4 Å². The monoisotopic (exact) mass is 328 g/mol. The Labute approximate surface area is 125 Å². The molecule has 0 bridgehead atoms. The number of imidazole rings is 1. The van der Waals surface area contributed by atoms with Gasteiger partial charge in [0, 0.05) is 22.7 Å². The van der Waals surface area contributed by atoms with E-state index in [0.717, 1.165) is 28.0 Å². The molecule has 20 heavy (non-hydrogen) atoms. The van der Waals surface area contributed by atoms with Crippen molar-refractivity contribution in [2.24, 2.45) is 0 Å². The van der Waals surface area contributed by atoms with Gasteiger partial charge in [-0.05, 0) is 52.2 Å². The number of benzene rings is 1. The van der Waals surface area contributed by atoms with Gasteiger partial charge in [-0.3, -0.25) is 0 Å². The summed E-state index contributed by atoms with van der Waals surface area (Å²) in [5.74, 6) is 0.881. The van der Waals surface area contributed by atoms with E-state index >= 15 is 0 Å². The van der Waals surface area contributed by atoms with E-state index in [0.29, 0.717) is 0 Å². The molecule has 0 radical (unpaired) electrons. The highest BCUT2D eigenvalue weighted by molar-refractivity contribution is 9.10. The summed E-state index contributed by atoms with van der Waals surface area (Å²) in [6, 6.07) is 8.33. The van der Waals surface area contributed by atoms with Crippen LogP contribution in [0.5, 0.6) is 5.75 Å². The summed E-state index contributed by atoms with van der Waals surface area (Å²) in [4.78, 5) is 4.84. The Bertz CT molecular complexity index is 851. The number of aromatic nitrogens is 2. The average molecular weight is 329 g/mol. The summed E-state index contributed by atoms with van der Waals surface area (Å²) in [5, 5.41) is 0.